The third-order valence-electron chi connectivity index (χ3n) is 8.14. The predicted octanol–water partition coefficient (Wildman–Crippen LogP) is 4.23. The molecule has 8 nitrogen and oxygen atoms in total. The van der Waals surface area contributed by atoms with Gasteiger partial charge in [0, 0.05) is 60.4 Å². The molecule has 0 aliphatic carbocycles. The number of likely N-dealkylation sites (N-methyl/N-ethyl adjacent to an activating group) is 1. The van der Waals surface area contributed by atoms with Crippen molar-refractivity contribution in [3.8, 4) is 5.75 Å². The maximum atomic E-state index is 14.0. The maximum Gasteiger partial charge on any atom is 0.256 e. The van der Waals surface area contributed by atoms with E-state index in [0.717, 1.165) is 33.5 Å². The molecule has 0 saturated carbocycles. The van der Waals surface area contributed by atoms with Crippen LogP contribution in [0, 0.1) is 6.92 Å². The molecular formula is C30H33ClN4O4. The summed E-state index contributed by atoms with van der Waals surface area (Å²) < 4.78 is 7.46. The molecule has 0 radical (unpaired) electrons. The van der Waals surface area contributed by atoms with Crippen LogP contribution in [0.4, 0.5) is 0 Å². The molecule has 0 N–H and O–H groups in total. The second-order valence-corrected chi connectivity index (χ2v) is 10.7. The topological polar surface area (TPSA) is 75.1 Å². The average molecular weight is 549 g/mol. The lowest BCUT2D eigenvalue weighted by Gasteiger charge is -2.44. The first-order valence-corrected chi connectivity index (χ1v) is 13.5. The van der Waals surface area contributed by atoms with E-state index in [2.05, 4.69) is 6.58 Å². The summed E-state index contributed by atoms with van der Waals surface area (Å²) in [6.07, 6.45) is 1.99. The third kappa shape index (κ3) is 4.56. The Labute approximate surface area is 233 Å². The fourth-order valence-corrected chi connectivity index (χ4v) is 6.05. The average Bonchev–Trinajstić information content (AvgIpc) is 3.20. The van der Waals surface area contributed by atoms with Gasteiger partial charge in [0.25, 0.3) is 5.91 Å². The Balaban J connectivity index is 1.45. The summed E-state index contributed by atoms with van der Waals surface area (Å²) in [5.74, 6) is 0.543. The molecule has 1 saturated heterocycles. The van der Waals surface area contributed by atoms with Gasteiger partial charge < -0.3 is 24.0 Å². The van der Waals surface area contributed by atoms with Gasteiger partial charge in [-0.3, -0.25) is 14.4 Å². The highest BCUT2D eigenvalue weighted by molar-refractivity contribution is 6.31. The first-order chi connectivity index (χ1) is 18.7. The molecule has 2 aliphatic heterocycles. The number of rotatable bonds is 6. The number of likely N-dealkylation sites (tertiary alicyclic amines) is 1. The monoisotopic (exact) mass is 548 g/mol. The molecule has 39 heavy (non-hydrogen) atoms. The lowest BCUT2D eigenvalue weighted by Crippen LogP contribution is -2.61. The Kier molecular flexibility index (Phi) is 7.16. The van der Waals surface area contributed by atoms with E-state index < -0.39 is 6.04 Å². The molecule has 9 heteroatoms. The van der Waals surface area contributed by atoms with Gasteiger partial charge in [0.05, 0.1) is 18.7 Å². The highest BCUT2D eigenvalue weighted by Gasteiger charge is 2.37. The maximum absolute atomic E-state index is 14.0. The van der Waals surface area contributed by atoms with Crippen molar-refractivity contribution in [3.63, 3.8) is 0 Å². The van der Waals surface area contributed by atoms with Gasteiger partial charge in [0.1, 0.15) is 11.8 Å². The van der Waals surface area contributed by atoms with E-state index in [4.69, 9.17) is 16.3 Å². The van der Waals surface area contributed by atoms with Gasteiger partial charge in [0.2, 0.25) is 11.8 Å². The molecule has 1 aromatic heterocycles. The molecule has 204 valence electrons. The van der Waals surface area contributed by atoms with Crippen molar-refractivity contribution in [2.75, 3.05) is 33.8 Å². The first kappa shape index (κ1) is 26.8. The number of carbonyl (C=O) groups is 3. The number of nitrogens with zero attached hydrogens (tertiary/aromatic N) is 4. The van der Waals surface area contributed by atoms with Crippen molar-refractivity contribution in [1.82, 2.24) is 19.3 Å². The second-order valence-electron chi connectivity index (χ2n) is 10.3. The first-order valence-electron chi connectivity index (χ1n) is 13.1. The Bertz CT molecular complexity index is 1490. The minimum Gasteiger partial charge on any atom is -0.496 e. The fourth-order valence-electron chi connectivity index (χ4n) is 5.88. The zero-order valence-electron chi connectivity index (χ0n) is 22.7. The van der Waals surface area contributed by atoms with Gasteiger partial charge in [-0.25, -0.2) is 0 Å². The van der Waals surface area contributed by atoms with Gasteiger partial charge in [-0.05, 0) is 56.2 Å². The van der Waals surface area contributed by atoms with Crippen LogP contribution < -0.4 is 4.74 Å². The predicted molar refractivity (Wildman–Crippen MR) is 151 cm³/mol. The van der Waals surface area contributed by atoms with Gasteiger partial charge in [0.15, 0.2) is 0 Å². The number of methoxy groups -OCH3 is 1. The van der Waals surface area contributed by atoms with E-state index in [1.165, 1.54) is 6.08 Å². The molecule has 0 spiro atoms. The molecule has 1 fully saturated rings. The SMILES string of the molecule is C=CC(=O)N1CC(N(C)C(=O)C(C)n2c(C)c(C(=O)N3CCc4c(cccc4OC)C3)c3cc(Cl)ccc32)C1. The summed E-state index contributed by atoms with van der Waals surface area (Å²) in [6, 6.07) is 10.8. The van der Waals surface area contributed by atoms with E-state index in [0.29, 0.717) is 43.2 Å². The van der Waals surface area contributed by atoms with Crippen molar-refractivity contribution in [2.24, 2.45) is 0 Å². The minimum absolute atomic E-state index is 0.0630. The number of benzene rings is 2. The number of hydrogen-bond acceptors (Lipinski definition) is 4. The van der Waals surface area contributed by atoms with Crippen LogP contribution in [0.2, 0.25) is 5.02 Å². The Morgan fingerprint density at radius 3 is 2.62 bits per heavy atom. The van der Waals surface area contributed by atoms with Crippen LogP contribution >= 0.6 is 11.6 Å². The van der Waals surface area contributed by atoms with Crippen LogP contribution in [0.25, 0.3) is 10.9 Å². The highest BCUT2D eigenvalue weighted by atomic mass is 35.5. The van der Waals surface area contributed by atoms with Crippen LogP contribution in [0.5, 0.6) is 5.75 Å². The zero-order valence-corrected chi connectivity index (χ0v) is 23.5. The van der Waals surface area contributed by atoms with Crippen LogP contribution in [-0.4, -0.2) is 76.8 Å². The Morgan fingerprint density at radius 2 is 1.92 bits per heavy atom. The minimum atomic E-state index is -0.560. The van der Waals surface area contributed by atoms with E-state index in [-0.39, 0.29) is 23.8 Å². The molecule has 5 rings (SSSR count). The summed E-state index contributed by atoms with van der Waals surface area (Å²) >= 11 is 6.39. The normalized spacial score (nSPS) is 15.9. The molecule has 2 aromatic carbocycles. The summed E-state index contributed by atoms with van der Waals surface area (Å²) in [6.45, 7) is 9.27. The molecule has 3 heterocycles. The molecular weight excluding hydrogens is 516 g/mol. The fraction of sp³-hybridized carbons (Fsp3) is 0.367. The molecule has 0 bridgehead atoms. The van der Waals surface area contributed by atoms with Gasteiger partial charge in [-0.15, -0.1) is 0 Å². The van der Waals surface area contributed by atoms with Crippen LogP contribution in [0.1, 0.15) is 40.1 Å². The van der Waals surface area contributed by atoms with Gasteiger partial charge in [-0.1, -0.05) is 30.3 Å². The molecule has 2 aliphatic rings. The largest absolute Gasteiger partial charge is 0.496 e. The second kappa shape index (κ2) is 10.4. The van der Waals surface area contributed by atoms with Crippen molar-refractivity contribution >= 4 is 40.2 Å². The Hall–Kier alpha value is -3.78. The summed E-state index contributed by atoms with van der Waals surface area (Å²) in [5, 5.41) is 1.26. The van der Waals surface area contributed by atoms with Crippen molar-refractivity contribution < 1.29 is 19.1 Å². The van der Waals surface area contributed by atoms with Gasteiger partial charge >= 0.3 is 0 Å². The highest BCUT2D eigenvalue weighted by Crippen LogP contribution is 2.35. The quantitative estimate of drug-likeness (QED) is 0.432. The number of amides is 3. The van der Waals surface area contributed by atoms with E-state index in [1.54, 1.807) is 36.1 Å². The van der Waals surface area contributed by atoms with E-state index in [1.807, 2.05) is 47.6 Å². The molecule has 1 atom stereocenters. The molecule has 3 amide bonds. The van der Waals surface area contributed by atoms with Crippen LogP contribution in [0.3, 0.4) is 0 Å². The third-order valence-corrected chi connectivity index (χ3v) is 8.38. The van der Waals surface area contributed by atoms with Crippen LogP contribution in [0.15, 0.2) is 49.1 Å². The number of halogens is 1. The smallest absolute Gasteiger partial charge is 0.256 e. The van der Waals surface area contributed by atoms with Crippen LogP contribution in [-0.2, 0) is 22.6 Å². The summed E-state index contributed by atoms with van der Waals surface area (Å²) in [4.78, 5) is 44.7. The number of ether oxygens (including phenoxy) is 1. The Morgan fingerprint density at radius 1 is 1.18 bits per heavy atom. The number of fused-ring (bicyclic) bond motifs is 2. The van der Waals surface area contributed by atoms with Crippen molar-refractivity contribution in [1.29, 1.82) is 0 Å². The standard InChI is InChI=1S/C30H33ClN4O4/c1-6-27(36)34-16-22(17-34)32(4)29(37)19(3)35-18(2)28(24-14-21(31)10-11-25(24)35)30(38)33-13-12-23-20(15-33)8-7-9-26(23)39-5/h6-11,14,19,22H,1,12-13,15-17H2,2-5H3. The zero-order chi connectivity index (χ0) is 28.0. The van der Waals surface area contributed by atoms with Crippen molar-refractivity contribution in [3.05, 3.63) is 76.5 Å². The van der Waals surface area contributed by atoms with E-state index >= 15 is 0 Å². The number of aromatic nitrogens is 1. The van der Waals surface area contributed by atoms with E-state index in [9.17, 15) is 14.4 Å². The summed E-state index contributed by atoms with van der Waals surface area (Å²) in [7, 11) is 3.43. The number of hydrogen-bond donors (Lipinski definition) is 0. The lowest BCUT2D eigenvalue weighted by atomic mass is 9.97. The molecule has 3 aromatic rings. The van der Waals surface area contributed by atoms with Gasteiger partial charge in [-0.2, -0.15) is 0 Å². The number of carbonyl (C=O) groups excluding carboxylic acids is 3. The lowest BCUT2D eigenvalue weighted by molar-refractivity contribution is -0.144. The van der Waals surface area contributed by atoms with Crippen molar-refractivity contribution in [2.45, 2.75) is 38.9 Å². The summed E-state index contributed by atoms with van der Waals surface area (Å²) in [5.41, 5.74) is 4.28. The molecule has 1 unspecified atom stereocenters.